The number of carbonyl (C=O) groups excluding carboxylic acids is 1. The topological polar surface area (TPSA) is 52.3 Å². The number of hydrogen-bond acceptors (Lipinski definition) is 3. The second-order valence-electron chi connectivity index (χ2n) is 1.86. The molecule has 3 nitrogen and oxygen atoms in total. The van der Waals surface area contributed by atoms with Gasteiger partial charge in [-0.1, -0.05) is 12.2 Å². The van der Waals surface area contributed by atoms with E-state index in [0.29, 0.717) is 5.57 Å². The largest absolute Gasteiger partial charge is 0.292 e. The van der Waals surface area contributed by atoms with E-state index in [1.807, 2.05) is 0 Å². The molecule has 1 unspecified atom stereocenters. The van der Waals surface area contributed by atoms with Crippen LogP contribution in [0.2, 0.25) is 0 Å². The van der Waals surface area contributed by atoms with Crippen molar-refractivity contribution >= 4 is 5.94 Å². The normalized spacial score (nSPS) is 22.9. The Balaban J connectivity index is 2.84. The van der Waals surface area contributed by atoms with E-state index in [9.17, 15) is 4.79 Å². The molecule has 1 atom stereocenters. The van der Waals surface area contributed by atoms with Crippen LogP contribution in [0, 0.1) is 0 Å². The molecule has 10 heavy (non-hydrogen) atoms. The van der Waals surface area contributed by atoms with E-state index in [1.54, 1.807) is 30.2 Å². The molecule has 0 saturated carbocycles. The summed E-state index contributed by atoms with van der Waals surface area (Å²) in [7, 11) is 0. The zero-order valence-electron chi connectivity index (χ0n) is 5.28. The third-order valence-corrected chi connectivity index (χ3v) is 1.24. The maximum absolute atomic E-state index is 10.1. The first-order chi connectivity index (χ1) is 4.88. The lowest BCUT2D eigenvalue weighted by Gasteiger charge is -2.09. The molecule has 0 aromatic rings. The molecule has 52 valence electrons. The van der Waals surface area contributed by atoms with Gasteiger partial charge in [0.2, 0.25) is 0 Å². The Kier molecular flexibility index (Phi) is 2.18. The van der Waals surface area contributed by atoms with Gasteiger partial charge in [0.25, 0.3) is 0 Å². The van der Waals surface area contributed by atoms with Crippen molar-refractivity contribution in [3.05, 3.63) is 29.9 Å². The van der Waals surface area contributed by atoms with Crippen LogP contribution in [0.3, 0.4) is 0 Å². The molecule has 0 bridgehead atoms. The third-order valence-electron chi connectivity index (χ3n) is 1.24. The molecule has 1 aliphatic carbocycles. The SMILES string of the molecule is NOC1C=CC=CC1=C=O. The molecule has 0 heterocycles. The molecule has 1 rings (SSSR count). The first-order valence-corrected chi connectivity index (χ1v) is 2.84. The molecule has 0 saturated heterocycles. The number of rotatable bonds is 1. The van der Waals surface area contributed by atoms with Gasteiger partial charge in [0.05, 0.1) is 5.57 Å². The zero-order valence-corrected chi connectivity index (χ0v) is 5.28. The second kappa shape index (κ2) is 3.13. The van der Waals surface area contributed by atoms with Crippen molar-refractivity contribution in [1.82, 2.24) is 0 Å². The highest BCUT2D eigenvalue weighted by Crippen LogP contribution is 2.09. The third kappa shape index (κ3) is 1.22. The van der Waals surface area contributed by atoms with E-state index in [4.69, 9.17) is 5.90 Å². The number of hydrogen-bond donors (Lipinski definition) is 1. The van der Waals surface area contributed by atoms with Gasteiger partial charge in [-0.15, -0.1) is 0 Å². The Morgan fingerprint density at radius 3 is 2.90 bits per heavy atom. The monoisotopic (exact) mass is 137 g/mol. The summed E-state index contributed by atoms with van der Waals surface area (Å²) in [6.45, 7) is 0. The predicted octanol–water partition coefficient (Wildman–Crippen LogP) is 0.129. The van der Waals surface area contributed by atoms with E-state index < -0.39 is 6.10 Å². The van der Waals surface area contributed by atoms with E-state index >= 15 is 0 Å². The van der Waals surface area contributed by atoms with Crippen molar-refractivity contribution in [3.8, 4) is 0 Å². The average molecular weight is 137 g/mol. The number of allylic oxidation sites excluding steroid dienone is 2. The van der Waals surface area contributed by atoms with Crippen LogP contribution in [0.1, 0.15) is 0 Å². The van der Waals surface area contributed by atoms with E-state index in [1.165, 1.54) is 0 Å². The van der Waals surface area contributed by atoms with Crippen LogP contribution in [0.25, 0.3) is 0 Å². The second-order valence-corrected chi connectivity index (χ2v) is 1.86. The highest BCUT2D eigenvalue weighted by atomic mass is 16.6. The van der Waals surface area contributed by atoms with Gasteiger partial charge in [-0.25, -0.2) is 10.7 Å². The van der Waals surface area contributed by atoms with Gasteiger partial charge in [0.15, 0.2) is 0 Å². The summed E-state index contributed by atoms with van der Waals surface area (Å²) in [5.41, 5.74) is 0.421. The molecular formula is C7H7NO2. The Morgan fingerprint density at radius 2 is 2.40 bits per heavy atom. The lowest BCUT2D eigenvalue weighted by molar-refractivity contribution is 0.113. The fourth-order valence-corrected chi connectivity index (χ4v) is 0.734. The quantitative estimate of drug-likeness (QED) is 0.413. The molecule has 0 aliphatic heterocycles. The minimum Gasteiger partial charge on any atom is -0.292 e. The van der Waals surface area contributed by atoms with Crippen molar-refractivity contribution in [2.75, 3.05) is 0 Å². The molecule has 0 spiro atoms. The van der Waals surface area contributed by atoms with E-state index in [-0.39, 0.29) is 0 Å². The van der Waals surface area contributed by atoms with Crippen molar-refractivity contribution in [3.63, 3.8) is 0 Å². The van der Waals surface area contributed by atoms with Crippen molar-refractivity contribution < 1.29 is 9.63 Å². The zero-order chi connectivity index (χ0) is 7.40. The molecule has 0 amide bonds. The first kappa shape index (κ1) is 6.96. The van der Waals surface area contributed by atoms with Gasteiger partial charge in [0.1, 0.15) is 12.0 Å². The summed E-state index contributed by atoms with van der Waals surface area (Å²) < 4.78 is 0. The van der Waals surface area contributed by atoms with Crippen LogP contribution >= 0.6 is 0 Å². The van der Waals surface area contributed by atoms with Crippen LogP contribution in [0.15, 0.2) is 29.9 Å². The van der Waals surface area contributed by atoms with Crippen molar-refractivity contribution in [1.29, 1.82) is 0 Å². The minimum absolute atomic E-state index is 0.421. The highest BCUT2D eigenvalue weighted by Gasteiger charge is 2.10. The summed E-state index contributed by atoms with van der Waals surface area (Å²) in [5.74, 6) is 6.61. The Bertz CT molecular complexity index is 224. The molecule has 0 aromatic carbocycles. The summed E-state index contributed by atoms with van der Waals surface area (Å²) in [6.07, 6.45) is 6.36. The Labute approximate surface area is 58.4 Å². The van der Waals surface area contributed by atoms with E-state index in [2.05, 4.69) is 4.84 Å². The predicted molar refractivity (Wildman–Crippen MR) is 36.5 cm³/mol. The van der Waals surface area contributed by atoms with Gasteiger partial charge >= 0.3 is 0 Å². The van der Waals surface area contributed by atoms with Crippen LogP contribution in [0.5, 0.6) is 0 Å². The van der Waals surface area contributed by atoms with Crippen molar-refractivity contribution in [2.24, 2.45) is 5.90 Å². The smallest absolute Gasteiger partial charge is 0.132 e. The van der Waals surface area contributed by atoms with Crippen LogP contribution in [-0.4, -0.2) is 12.0 Å². The Hall–Kier alpha value is -1.15. The summed E-state index contributed by atoms with van der Waals surface area (Å²) in [4.78, 5) is 14.6. The fraction of sp³-hybridized carbons (Fsp3) is 0.143. The van der Waals surface area contributed by atoms with Gasteiger partial charge in [-0.3, -0.25) is 4.84 Å². The average Bonchev–Trinajstić information content (AvgIpc) is 2.04. The number of nitrogens with two attached hydrogens (primary N) is 1. The highest BCUT2D eigenvalue weighted by molar-refractivity contribution is 5.61. The Morgan fingerprint density at radius 1 is 1.60 bits per heavy atom. The maximum Gasteiger partial charge on any atom is 0.132 e. The first-order valence-electron chi connectivity index (χ1n) is 2.84. The molecule has 0 fully saturated rings. The van der Waals surface area contributed by atoms with Crippen molar-refractivity contribution in [2.45, 2.75) is 6.10 Å². The van der Waals surface area contributed by atoms with Crippen LogP contribution in [-0.2, 0) is 9.63 Å². The molecule has 2 N–H and O–H groups in total. The van der Waals surface area contributed by atoms with Gasteiger partial charge in [-0.05, 0) is 12.2 Å². The summed E-state index contributed by atoms with van der Waals surface area (Å²) in [6, 6.07) is 0. The lowest BCUT2D eigenvalue weighted by atomic mass is 10.1. The van der Waals surface area contributed by atoms with E-state index in [0.717, 1.165) is 0 Å². The fourth-order valence-electron chi connectivity index (χ4n) is 0.734. The van der Waals surface area contributed by atoms with Crippen LogP contribution < -0.4 is 5.90 Å². The van der Waals surface area contributed by atoms with Crippen LogP contribution in [0.4, 0.5) is 0 Å². The summed E-state index contributed by atoms with van der Waals surface area (Å²) in [5, 5.41) is 0. The molecule has 1 aliphatic rings. The summed E-state index contributed by atoms with van der Waals surface area (Å²) >= 11 is 0. The van der Waals surface area contributed by atoms with Gasteiger partial charge in [0, 0.05) is 0 Å². The molecule has 3 heteroatoms. The van der Waals surface area contributed by atoms with Gasteiger partial charge in [-0.2, -0.15) is 0 Å². The molecule has 0 radical (unpaired) electrons. The maximum atomic E-state index is 10.1. The van der Waals surface area contributed by atoms with Gasteiger partial charge < -0.3 is 0 Å². The minimum atomic E-state index is -0.428. The standard InChI is InChI=1S/C7H7NO2/c8-10-7-4-2-1-3-6(7)5-9/h1-4,7H,8H2. The lowest BCUT2D eigenvalue weighted by Crippen LogP contribution is -2.18. The molecular weight excluding hydrogens is 130 g/mol. The molecule has 0 aromatic heterocycles.